The molecule has 0 saturated carbocycles. The molecule has 0 fully saturated rings. The second kappa shape index (κ2) is 4.88. The van der Waals surface area contributed by atoms with Crippen molar-refractivity contribution in [3.05, 3.63) is 70.2 Å². The lowest BCUT2D eigenvalue weighted by Gasteiger charge is -1.92. The normalized spacial score (nSPS) is 9.38. The van der Waals surface area contributed by atoms with E-state index in [4.69, 9.17) is 11.6 Å². The summed E-state index contributed by atoms with van der Waals surface area (Å²) in [7, 11) is 0. The number of hydrogen-bond donors (Lipinski definition) is 0. The molecule has 0 aliphatic carbocycles. The highest BCUT2D eigenvalue weighted by atomic mass is 35.5. The number of aryl methyl sites for hydroxylation is 1. The molecule has 0 aliphatic rings. The Bertz CT molecular complexity index is 475. The van der Waals surface area contributed by atoms with E-state index in [-0.39, 0.29) is 0 Å². The van der Waals surface area contributed by atoms with Crippen molar-refractivity contribution in [2.24, 2.45) is 0 Å². The van der Waals surface area contributed by atoms with Gasteiger partial charge in [-0.2, -0.15) is 0 Å². The van der Waals surface area contributed by atoms with Gasteiger partial charge >= 0.3 is 0 Å². The van der Waals surface area contributed by atoms with Crippen LogP contribution in [-0.4, -0.2) is 0 Å². The summed E-state index contributed by atoms with van der Waals surface area (Å²) in [5.41, 5.74) is 3.25. The van der Waals surface area contributed by atoms with Gasteiger partial charge in [-0.15, -0.1) is 0 Å². The fourth-order valence-electron chi connectivity index (χ4n) is 1.31. The molecule has 0 spiro atoms. The van der Waals surface area contributed by atoms with Gasteiger partial charge in [-0.1, -0.05) is 41.1 Å². The fourth-order valence-corrected chi connectivity index (χ4v) is 1.44. The van der Waals surface area contributed by atoms with Gasteiger partial charge in [-0.05, 0) is 43.3 Å². The quantitative estimate of drug-likeness (QED) is 0.595. The predicted octanol–water partition coefficient (Wildman–Crippen LogP) is 4.05. The standard InChI is InChI=1S/C15H11Cl/c1-12-2-4-13(5-3-12)6-7-14-8-10-15(16)11-9-14/h2-5,8-11H,1H3. The van der Waals surface area contributed by atoms with E-state index in [2.05, 4.69) is 30.9 Å². The first kappa shape index (κ1) is 10.8. The monoisotopic (exact) mass is 226 g/mol. The minimum absolute atomic E-state index is 0.737. The van der Waals surface area contributed by atoms with Gasteiger partial charge in [-0.25, -0.2) is 0 Å². The molecule has 0 radical (unpaired) electrons. The third-order valence-electron chi connectivity index (χ3n) is 2.25. The second-order valence-electron chi connectivity index (χ2n) is 3.62. The van der Waals surface area contributed by atoms with Crippen molar-refractivity contribution in [1.29, 1.82) is 0 Å². The average molecular weight is 227 g/mol. The molecule has 0 bridgehead atoms. The molecule has 0 nitrogen and oxygen atoms in total. The summed E-state index contributed by atoms with van der Waals surface area (Å²) < 4.78 is 0. The number of rotatable bonds is 0. The van der Waals surface area contributed by atoms with Gasteiger partial charge in [0.05, 0.1) is 0 Å². The van der Waals surface area contributed by atoms with Crippen LogP contribution in [0.2, 0.25) is 5.02 Å². The van der Waals surface area contributed by atoms with E-state index in [0.29, 0.717) is 0 Å². The van der Waals surface area contributed by atoms with E-state index in [9.17, 15) is 0 Å². The van der Waals surface area contributed by atoms with Gasteiger partial charge in [-0.3, -0.25) is 0 Å². The Hall–Kier alpha value is -1.71. The highest BCUT2D eigenvalue weighted by molar-refractivity contribution is 6.30. The van der Waals surface area contributed by atoms with E-state index in [1.165, 1.54) is 5.56 Å². The van der Waals surface area contributed by atoms with Crippen LogP contribution < -0.4 is 0 Å². The van der Waals surface area contributed by atoms with Crippen LogP contribution in [0.1, 0.15) is 16.7 Å². The SMILES string of the molecule is Cc1ccc(C#Cc2ccc(Cl)cc2)cc1. The molecule has 0 aliphatic heterocycles. The predicted molar refractivity (Wildman–Crippen MR) is 68.6 cm³/mol. The molecule has 2 rings (SSSR count). The molecule has 16 heavy (non-hydrogen) atoms. The molecule has 0 heterocycles. The smallest absolute Gasteiger partial charge is 0.0406 e. The second-order valence-corrected chi connectivity index (χ2v) is 4.06. The largest absolute Gasteiger partial charge is 0.0843 e. The van der Waals surface area contributed by atoms with Gasteiger partial charge in [0.2, 0.25) is 0 Å². The highest BCUT2D eigenvalue weighted by Crippen LogP contribution is 2.08. The molecule has 0 unspecified atom stereocenters. The van der Waals surface area contributed by atoms with Crippen molar-refractivity contribution < 1.29 is 0 Å². The topological polar surface area (TPSA) is 0 Å². The first-order valence-electron chi connectivity index (χ1n) is 5.08. The van der Waals surface area contributed by atoms with E-state index >= 15 is 0 Å². The average Bonchev–Trinajstić information content (AvgIpc) is 2.30. The molecule has 78 valence electrons. The zero-order valence-electron chi connectivity index (χ0n) is 9.00. The highest BCUT2D eigenvalue weighted by Gasteiger charge is 1.88. The van der Waals surface area contributed by atoms with E-state index in [1.807, 2.05) is 36.4 Å². The van der Waals surface area contributed by atoms with Gasteiger partial charge in [0.1, 0.15) is 0 Å². The molecular formula is C15H11Cl. The molecule has 0 atom stereocenters. The summed E-state index contributed by atoms with van der Waals surface area (Å²) in [6.07, 6.45) is 0. The van der Waals surface area contributed by atoms with E-state index < -0.39 is 0 Å². The molecule has 2 aromatic rings. The molecule has 0 N–H and O–H groups in total. The Morgan fingerprint density at radius 2 is 1.19 bits per heavy atom. The lowest BCUT2D eigenvalue weighted by atomic mass is 10.1. The van der Waals surface area contributed by atoms with Crippen molar-refractivity contribution in [1.82, 2.24) is 0 Å². The van der Waals surface area contributed by atoms with Crippen molar-refractivity contribution in [3.8, 4) is 11.8 Å². The van der Waals surface area contributed by atoms with Crippen LogP contribution >= 0.6 is 11.6 Å². The van der Waals surface area contributed by atoms with Gasteiger partial charge in [0, 0.05) is 16.1 Å². The van der Waals surface area contributed by atoms with Gasteiger partial charge < -0.3 is 0 Å². The third-order valence-corrected chi connectivity index (χ3v) is 2.50. The maximum Gasteiger partial charge on any atom is 0.0406 e. The molecule has 1 heteroatoms. The van der Waals surface area contributed by atoms with Crippen molar-refractivity contribution in [3.63, 3.8) is 0 Å². The molecule has 0 aromatic heterocycles. The summed E-state index contributed by atoms with van der Waals surface area (Å²) in [6, 6.07) is 15.7. The van der Waals surface area contributed by atoms with E-state index in [1.54, 1.807) is 0 Å². The zero-order valence-corrected chi connectivity index (χ0v) is 9.75. The fraction of sp³-hybridized carbons (Fsp3) is 0.0667. The molecule has 0 amide bonds. The lowest BCUT2D eigenvalue weighted by Crippen LogP contribution is -1.76. The maximum atomic E-state index is 5.80. The molecular weight excluding hydrogens is 216 g/mol. The number of hydrogen-bond acceptors (Lipinski definition) is 0. The van der Waals surface area contributed by atoms with Crippen LogP contribution in [0.4, 0.5) is 0 Å². The van der Waals surface area contributed by atoms with Crippen LogP contribution in [0.5, 0.6) is 0 Å². The summed E-state index contributed by atoms with van der Waals surface area (Å²) in [4.78, 5) is 0. The maximum absolute atomic E-state index is 5.80. The summed E-state index contributed by atoms with van der Waals surface area (Å²) in [6.45, 7) is 2.07. The first-order chi connectivity index (χ1) is 7.74. The first-order valence-corrected chi connectivity index (χ1v) is 5.46. The minimum atomic E-state index is 0.737. The van der Waals surface area contributed by atoms with Crippen molar-refractivity contribution in [2.75, 3.05) is 0 Å². The van der Waals surface area contributed by atoms with Crippen LogP contribution in [0.25, 0.3) is 0 Å². The molecule has 2 aromatic carbocycles. The third kappa shape index (κ3) is 2.89. The number of benzene rings is 2. The lowest BCUT2D eigenvalue weighted by molar-refractivity contribution is 1.46. The van der Waals surface area contributed by atoms with Gasteiger partial charge in [0.15, 0.2) is 0 Å². The van der Waals surface area contributed by atoms with Crippen LogP contribution in [0.15, 0.2) is 48.5 Å². The van der Waals surface area contributed by atoms with Gasteiger partial charge in [0.25, 0.3) is 0 Å². The molecule has 0 saturated heterocycles. The Morgan fingerprint density at radius 3 is 1.69 bits per heavy atom. The zero-order chi connectivity index (χ0) is 11.4. The van der Waals surface area contributed by atoms with Crippen molar-refractivity contribution in [2.45, 2.75) is 6.92 Å². The van der Waals surface area contributed by atoms with Crippen LogP contribution in [0, 0.1) is 18.8 Å². The Morgan fingerprint density at radius 1 is 0.750 bits per heavy atom. The Kier molecular flexibility index (Phi) is 3.29. The van der Waals surface area contributed by atoms with Crippen molar-refractivity contribution >= 4 is 11.6 Å². The van der Waals surface area contributed by atoms with Crippen LogP contribution in [0.3, 0.4) is 0 Å². The number of halogens is 1. The summed E-state index contributed by atoms with van der Waals surface area (Å²) in [5.74, 6) is 6.21. The van der Waals surface area contributed by atoms with E-state index in [0.717, 1.165) is 16.1 Å². The Balaban J connectivity index is 2.21. The van der Waals surface area contributed by atoms with Crippen LogP contribution in [-0.2, 0) is 0 Å². The minimum Gasteiger partial charge on any atom is -0.0843 e. The summed E-state index contributed by atoms with van der Waals surface area (Å²) in [5, 5.41) is 0.737. The Labute approximate surface area is 101 Å². The summed E-state index contributed by atoms with van der Waals surface area (Å²) >= 11 is 5.80.